The molecule has 3 heteroatoms. The molecule has 0 aromatic heterocycles. The third-order valence-electron chi connectivity index (χ3n) is 3.30. The van der Waals surface area contributed by atoms with Crippen LogP contribution in [-0.2, 0) is 4.74 Å². The number of hydrogen-bond acceptors (Lipinski definition) is 3. The molecule has 2 aliphatic heterocycles. The molecule has 0 aliphatic carbocycles. The smallest absolute Gasteiger partial charge is 0.0707 e. The van der Waals surface area contributed by atoms with Gasteiger partial charge in [0.1, 0.15) is 0 Å². The third-order valence-corrected chi connectivity index (χ3v) is 3.30. The highest BCUT2D eigenvalue weighted by Gasteiger charge is 2.32. The molecule has 0 amide bonds. The first-order chi connectivity index (χ1) is 6.88. The minimum absolute atomic E-state index is 0.545. The van der Waals surface area contributed by atoms with Crippen molar-refractivity contribution in [1.29, 1.82) is 0 Å². The molecule has 2 bridgehead atoms. The Morgan fingerprint density at radius 3 is 2.43 bits per heavy atom. The van der Waals surface area contributed by atoms with E-state index in [1.807, 2.05) is 0 Å². The number of unbranched alkanes of at least 4 members (excludes halogenated alkanes) is 2. The molecule has 0 aromatic carbocycles. The van der Waals surface area contributed by atoms with Gasteiger partial charge in [0, 0.05) is 13.1 Å². The Kier molecular flexibility index (Phi) is 3.79. The summed E-state index contributed by atoms with van der Waals surface area (Å²) in [6.07, 6.45) is 7.41. The summed E-state index contributed by atoms with van der Waals surface area (Å²) in [5, 5.41) is 0. The lowest BCUT2D eigenvalue weighted by Gasteiger charge is -2.31. The first kappa shape index (κ1) is 10.4. The van der Waals surface area contributed by atoms with Crippen LogP contribution in [0.2, 0.25) is 0 Å². The first-order valence-corrected chi connectivity index (χ1v) is 5.96. The lowest BCUT2D eigenvalue weighted by molar-refractivity contribution is -0.0385. The number of rotatable bonds is 5. The van der Waals surface area contributed by atoms with Gasteiger partial charge in [0.2, 0.25) is 0 Å². The monoisotopic (exact) mass is 198 g/mol. The van der Waals surface area contributed by atoms with Crippen molar-refractivity contribution in [2.45, 2.75) is 44.3 Å². The molecule has 0 radical (unpaired) electrons. The maximum absolute atomic E-state index is 5.79. The van der Waals surface area contributed by atoms with E-state index >= 15 is 0 Å². The quantitative estimate of drug-likeness (QED) is 0.669. The van der Waals surface area contributed by atoms with E-state index < -0.39 is 0 Å². The van der Waals surface area contributed by atoms with Gasteiger partial charge in [-0.05, 0) is 38.8 Å². The Morgan fingerprint density at radius 1 is 1.07 bits per heavy atom. The molecule has 0 spiro atoms. The van der Waals surface area contributed by atoms with Crippen molar-refractivity contribution in [3.63, 3.8) is 0 Å². The van der Waals surface area contributed by atoms with Gasteiger partial charge in [-0.25, -0.2) is 0 Å². The van der Waals surface area contributed by atoms with Crippen LogP contribution in [0.5, 0.6) is 0 Å². The number of morpholine rings is 1. The van der Waals surface area contributed by atoms with Gasteiger partial charge in [-0.1, -0.05) is 6.42 Å². The molecular weight excluding hydrogens is 176 g/mol. The van der Waals surface area contributed by atoms with Crippen molar-refractivity contribution in [3.8, 4) is 0 Å². The number of nitrogens with zero attached hydrogens (tertiary/aromatic N) is 1. The summed E-state index contributed by atoms with van der Waals surface area (Å²) in [5.74, 6) is 0. The van der Waals surface area contributed by atoms with Crippen molar-refractivity contribution in [2.24, 2.45) is 5.73 Å². The molecule has 2 aliphatic rings. The second-order valence-electron chi connectivity index (χ2n) is 4.57. The Morgan fingerprint density at radius 2 is 1.79 bits per heavy atom. The molecule has 14 heavy (non-hydrogen) atoms. The Labute approximate surface area is 86.6 Å². The topological polar surface area (TPSA) is 38.5 Å². The van der Waals surface area contributed by atoms with Crippen molar-refractivity contribution in [1.82, 2.24) is 4.90 Å². The normalized spacial score (nSPS) is 32.4. The summed E-state index contributed by atoms with van der Waals surface area (Å²) < 4.78 is 5.79. The number of hydrogen-bond donors (Lipinski definition) is 1. The standard InChI is InChI=1S/C11H22N2O/c12-6-2-1-3-7-13-8-10-4-5-11(9-13)14-10/h10-11H,1-9,12H2. The molecule has 3 nitrogen and oxygen atoms in total. The number of nitrogens with two attached hydrogens (primary N) is 1. The predicted octanol–water partition coefficient (Wildman–Crippen LogP) is 0.979. The second kappa shape index (κ2) is 5.10. The molecule has 2 fully saturated rings. The van der Waals surface area contributed by atoms with Gasteiger partial charge in [0.05, 0.1) is 12.2 Å². The van der Waals surface area contributed by atoms with Crippen molar-refractivity contribution in [2.75, 3.05) is 26.2 Å². The van der Waals surface area contributed by atoms with Crippen LogP contribution in [0.25, 0.3) is 0 Å². The summed E-state index contributed by atoms with van der Waals surface area (Å²) in [6.45, 7) is 4.42. The molecule has 2 saturated heterocycles. The Balaban J connectivity index is 1.62. The summed E-state index contributed by atoms with van der Waals surface area (Å²) in [6, 6.07) is 0. The van der Waals surface area contributed by atoms with Crippen molar-refractivity contribution < 1.29 is 4.74 Å². The minimum Gasteiger partial charge on any atom is -0.372 e. The molecule has 0 aromatic rings. The van der Waals surface area contributed by atoms with Crippen LogP contribution in [-0.4, -0.2) is 43.3 Å². The van der Waals surface area contributed by atoms with E-state index in [2.05, 4.69) is 4.90 Å². The molecule has 82 valence electrons. The second-order valence-corrected chi connectivity index (χ2v) is 4.57. The summed E-state index contributed by atoms with van der Waals surface area (Å²) in [5.41, 5.74) is 5.47. The van der Waals surface area contributed by atoms with Crippen LogP contribution < -0.4 is 5.73 Å². The number of likely N-dealkylation sites (tertiary alicyclic amines) is 1. The van der Waals surface area contributed by atoms with E-state index in [9.17, 15) is 0 Å². The molecule has 2 heterocycles. The summed E-state index contributed by atoms with van der Waals surface area (Å²) in [7, 11) is 0. The Hall–Kier alpha value is -0.120. The molecule has 2 rings (SSSR count). The average molecular weight is 198 g/mol. The van der Waals surface area contributed by atoms with Crippen LogP contribution in [0.1, 0.15) is 32.1 Å². The summed E-state index contributed by atoms with van der Waals surface area (Å²) >= 11 is 0. The SMILES string of the molecule is NCCCCCN1CC2CCC(C1)O2. The zero-order valence-electron chi connectivity index (χ0n) is 8.95. The zero-order chi connectivity index (χ0) is 9.80. The number of ether oxygens (including phenoxy) is 1. The third kappa shape index (κ3) is 2.69. The predicted molar refractivity (Wildman–Crippen MR) is 57.2 cm³/mol. The fourth-order valence-electron chi connectivity index (χ4n) is 2.54. The molecular formula is C11H22N2O. The van der Waals surface area contributed by atoms with Crippen LogP contribution in [0.4, 0.5) is 0 Å². The highest BCUT2D eigenvalue weighted by atomic mass is 16.5. The fraction of sp³-hybridized carbons (Fsp3) is 1.00. The number of fused-ring (bicyclic) bond motifs is 2. The van der Waals surface area contributed by atoms with Crippen molar-refractivity contribution >= 4 is 0 Å². The highest BCUT2D eigenvalue weighted by molar-refractivity contribution is 4.84. The van der Waals surface area contributed by atoms with E-state index in [1.165, 1.54) is 51.7 Å². The lowest BCUT2D eigenvalue weighted by atomic mass is 10.2. The average Bonchev–Trinajstić information content (AvgIpc) is 2.53. The van der Waals surface area contributed by atoms with Gasteiger partial charge in [0.25, 0.3) is 0 Å². The lowest BCUT2D eigenvalue weighted by Crippen LogP contribution is -2.42. The van der Waals surface area contributed by atoms with E-state index in [4.69, 9.17) is 10.5 Å². The molecule has 2 unspecified atom stereocenters. The van der Waals surface area contributed by atoms with E-state index in [0.29, 0.717) is 12.2 Å². The Bertz CT molecular complexity index is 163. The summed E-state index contributed by atoms with van der Waals surface area (Å²) in [4.78, 5) is 2.57. The van der Waals surface area contributed by atoms with E-state index in [-0.39, 0.29) is 0 Å². The van der Waals surface area contributed by atoms with Crippen LogP contribution in [0.3, 0.4) is 0 Å². The van der Waals surface area contributed by atoms with Crippen LogP contribution in [0, 0.1) is 0 Å². The van der Waals surface area contributed by atoms with E-state index in [0.717, 1.165) is 6.54 Å². The fourth-order valence-corrected chi connectivity index (χ4v) is 2.54. The highest BCUT2D eigenvalue weighted by Crippen LogP contribution is 2.26. The first-order valence-electron chi connectivity index (χ1n) is 5.96. The molecule has 2 atom stereocenters. The van der Waals surface area contributed by atoms with E-state index in [1.54, 1.807) is 0 Å². The van der Waals surface area contributed by atoms with Gasteiger partial charge in [-0.2, -0.15) is 0 Å². The molecule has 0 saturated carbocycles. The van der Waals surface area contributed by atoms with Crippen LogP contribution in [0.15, 0.2) is 0 Å². The van der Waals surface area contributed by atoms with Gasteiger partial charge in [0.15, 0.2) is 0 Å². The van der Waals surface area contributed by atoms with Crippen LogP contribution >= 0.6 is 0 Å². The molecule has 2 N–H and O–H groups in total. The van der Waals surface area contributed by atoms with Gasteiger partial charge < -0.3 is 10.5 Å². The minimum atomic E-state index is 0.545. The van der Waals surface area contributed by atoms with Crippen molar-refractivity contribution in [3.05, 3.63) is 0 Å². The maximum Gasteiger partial charge on any atom is 0.0707 e. The van der Waals surface area contributed by atoms with Gasteiger partial charge in [-0.3, -0.25) is 4.90 Å². The zero-order valence-corrected chi connectivity index (χ0v) is 8.95. The largest absolute Gasteiger partial charge is 0.372 e. The maximum atomic E-state index is 5.79. The van der Waals surface area contributed by atoms with Gasteiger partial charge in [-0.15, -0.1) is 0 Å². The van der Waals surface area contributed by atoms with Gasteiger partial charge >= 0.3 is 0 Å².